The molecule has 0 aliphatic heterocycles. The van der Waals surface area contributed by atoms with Gasteiger partial charge in [0.15, 0.2) is 0 Å². The quantitative estimate of drug-likeness (QED) is 0.504. The van der Waals surface area contributed by atoms with E-state index in [9.17, 15) is 0 Å². The van der Waals surface area contributed by atoms with Crippen LogP contribution in [0.25, 0.3) is 0 Å². The van der Waals surface area contributed by atoms with E-state index >= 15 is 0 Å². The minimum Gasteiger partial charge on any atom is -0.423 e. The summed E-state index contributed by atoms with van der Waals surface area (Å²) in [4.78, 5) is 0.557. The summed E-state index contributed by atoms with van der Waals surface area (Å²) in [5, 5.41) is 0. The summed E-state index contributed by atoms with van der Waals surface area (Å²) in [6, 6.07) is 0. The van der Waals surface area contributed by atoms with Crippen LogP contribution in [0, 0.1) is 0 Å². The first-order valence-corrected chi connectivity index (χ1v) is 4.90. The molecule has 0 aromatic carbocycles. The van der Waals surface area contributed by atoms with Gasteiger partial charge in [-0.25, -0.2) is 0 Å². The van der Waals surface area contributed by atoms with Crippen LogP contribution in [0.3, 0.4) is 0 Å². The maximum Gasteiger partial charge on any atom is 0.146 e. The molecule has 0 N–H and O–H groups in total. The Kier molecular flexibility index (Phi) is 4.01. The molecule has 0 bridgehead atoms. The highest BCUT2D eigenvalue weighted by Crippen LogP contribution is 2.18. The third-order valence-corrected chi connectivity index (χ3v) is 2.75. The Morgan fingerprint density at radius 1 is 1.67 bits per heavy atom. The van der Waals surface area contributed by atoms with Gasteiger partial charge in [-0.2, -0.15) is 0 Å². The molecule has 0 aromatic rings. The molecule has 1 nitrogen and oxygen atoms in total. The van der Waals surface area contributed by atoms with Gasteiger partial charge < -0.3 is 4.43 Å². The fraction of sp³-hybridized carbons (Fsp3) is 1.00. The molecule has 0 spiro atoms. The number of hydrogen-bond acceptors (Lipinski definition) is 1. The molecular formula is C6H15BrOSi. The summed E-state index contributed by atoms with van der Waals surface area (Å²) < 4.78 is 5.36. The highest BCUT2D eigenvalue weighted by Gasteiger charge is 2.17. The van der Waals surface area contributed by atoms with Gasteiger partial charge in [-0.3, -0.25) is 0 Å². The highest BCUT2D eigenvalue weighted by atomic mass is 79.9. The Balaban J connectivity index is 3.58. The van der Waals surface area contributed by atoms with Crippen LogP contribution in [0.5, 0.6) is 0 Å². The van der Waals surface area contributed by atoms with Crippen LogP contribution < -0.4 is 0 Å². The average Bonchev–Trinajstić information content (AvgIpc) is 1.63. The molecule has 0 aliphatic rings. The molecule has 0 fully saturated rings. The van der Waals surface area contributed by atoms with Crippen LogP contribution in [0.1, 0.15) is 27.2 Å². The molecule has 56 valence electrons. The van der Waals surface area contributed by atoms with E-state index in [1.165, 1.54) is 0 Å². The fourth-order valence-electron chi connectivity index (χ4n) is 0.761. The lowest BCUT2D eigenvalue weighted by atomic mass is 10.0. The normalized spacial score (nSPS) is 16.0. The molecule has 1 unspecified atom stereocenters. The summed E-state index contributed by atoms with van der Waals surface area (Å²) in [6.07, 6.45) is 1.08. The molecular weight excluding hydrogens is 196 g/mol. The lowest BCUT2D eigenvalue weighted by Gasteiger charge is -2.24. The first kappa shape index (κ1) is 9.66. The Hall–Kier alpha value is 0.657. The summed E-state index contributed by atoms with van der Waals surface area (Å²) in [7, 11) is 0.832. The molecule has 0 aliphatic carbocycles. The van der Waals surface area contributed by atoms with Crippen molar-refractivity contribution in [2.75, 3.05) is 0 Å². The van der Waals surface area contributed by atoms with Gasteiger partial charge in [0, 0.05) is 4.83 Å². The van der Waals surface area contributed by atoms with Crippen molar-refractivity contribution in [3.63, 3.8) is 0 Å². The van der Waals surface area contributed by atoms with Gasteiger partial charge in [-0.15, -0.1) is 0 Å². The largest absolute Gasteiger partial charge is 0.423 e. The van der Waals surface area contributed by atoms with Crippen molar-refractivity contribution >= 4 is 26.4 Å². The van der Waals surface area contributed by atoms with Crippen LogP contribution >= 0.6 is 15.9 Å². The van der Waals surface area contributed by atoms with Gasteiger partial charge in [0.2, 0.25) is 0 Å². The van der Waals surface area contributed by atoms with Crippen LogP contribution in [0.15, 0.2) is 0 Å². The Labute approximate surface area is 68.8 Å². The zero-order valence-corrected chi connectivity index (χ0v) is 10.2. The van der Waals surface area contributed by atoms with E-state index in [2.05, 4.69) is 36.7 Å². The number of rotatable bonds is 3. The minimum absolute atomic E-state index is 0.0785. The number of alkyl halides is 1. The van der Waals surface area contributed by atoms with Gasteiger partial charge in [-0.1, -0.05) is 22.9 Å². The van der Waals surface area contributed by atoms with E-state index in [1.54, 1.807) is 0 Å². The van der Waals surface area contributed by atoms with Crippen molar-refractivity contribution in [1.82, 2.24) is 0 Å². The Morgan fingerprint density at radius 2 is 2.11 bits per heavy atom. The summed E-state index contributed by atoms with van der Waals surface area (Å²) in [5.74, 6) is 0. The fourth-order valence-corrected chi connectivity index (χ4v) is 1.71. The van der Waals surface area contributed by atoms with Gasteiger partial charge in [0.1, 0.15) is 10.5 Å². The van der Waals surface area contributed by atoms with E-state index in [4.69, 9.17) is 4.43 Å². The molecule has 3 heteroatoms. The second-order valence-electron chi connectivity index (χ2n) is 2.95. The van der Waals surface area contributed by atoms with Crippen molar-refractivity contribution in [2.45, 2.75) is 37.6 Å². The van der Waals surface area contributed by atoms with E-state index in [0.717, 1.165) is 16.9 Å². The zero-order valence-electron chi connectivity index (χ0n) is 6.57. The Morgan fingerprint density at radius 3 is 2.22 bits per heavy atom. The van der Waals surface area contributed by atoms with Gasteiger partial charge in [-0.05, 0) is 20.3 Å². The molecule has 0 radical (unpaired) electrons. The van der Waals surface area contributed by atoms with Crippen molar-refractivity contribution < 1.29 is 4.43 Å². The topological polar surface area (TPSA) is 9.23 Å². The molecule has 0 aromatic heterocycles. The molecule has 0 saturated carbocycles. The van der Waals surface area contributed by atoms with Gasteiger partial charge in [0.05, 0.1) is 5.60 Å². The monoisotopic (exact) mass is 210 g/mol. The first-order chi connectivity index (χ1) is 3.98. The van der Waals surface area contributed by atoms with Gasteiger partial charge in [0.25, 0.3) is 0 Å². The maximum absolute atomic E-state index is 5.36. The van der Waals surface area contributed by atoms with Crippen molar-refractivity contribution in [3.8, 4) is 0 Å². The Bertz CT molecular complexity index is 83.1. The smallest absolute Gasteiger partial charge is 0.146 e. The van der Waals surface area contributed by atoms with Crippen molar-refractivity contribution in [1.29, 1.82) is 0 Å². The lowest BCUT2D eigenvalue weighted by Crippen LogP contribution is -2.25. The molecule has 0 saturated heterocycles. The molecule has 0 amide bonds. The zero-order chi connectivity index (χ0) is 7.49. The van der Waals surface area contributed by atoms with E-state index in [0.29, 0.717) is 4.83 Å². The molecule has 0 rings (SSSR count). The SMILES string of the molecule is CC(Br)CC(C)(C)O[SiH3]. The third kappa shape index (κ3) is 5.12. The van der Waals surface area contributed by atoms with E-state index in [1.807, 2.05) is 0 Å². The second kappa shape index (κ2) is 3.74. The minimum atomic E-state index is 0.0785. The maximum atomic E-state index is 5.36. The van der Waals surface area contributed by atoms with Crippen LogP contribution in [-0.2, 0) is 4.43 Å². The number of hydrogen-bond donors (Lipinski definition) is 0. The van der Waals surface area contributed by atoms with Crippen LogP contribution in [0.2, 0.25) is 0 Å². The summed E-state index contributed by atoms with van der Waals surface area (Å²) in [5.41, 5.74) is 0.0785. The number of halogens is 1. The lowest BCUT2D eigenvalue weighted by molar-refractivity contribution is 0.114. The van der Waals surface area contributed by atoms with Crippen molar-refractivity contribution in [2.24, 2.45) is 0 Å². The first-order valence-electron chi connectivity index (χ1n) is 3.17. The third-order valence-electron chi connectivity index (χ3n) is 1.33. The molecule has 1 atom stereocenters. The predicted molar refractivity (Wildman–Crippen MR) is 48.1 cm³/mol. The molecule has 0 heterocycles. The summed E-state index contributed by atoms with van der Waals surface area (Å²) >= 11 is 3.49. The van der Waals surface area contributed by atoms with Crippen LogP contribution in [0.4, 0.5) is 0 Å². The highest BCUT2D eigenvalue weighted by molar-refractivity contribution is 9.09. The van der Waals surface area contributed by atoms with Crippen LogP contribution in [-0.4, -0.2) is 20.9 Å². The summed E-state index contributed by atoms with van der Waals surface area (Å²) in [6.45, 7) is 6.39. The van der Waals surface area contributed by atoms with Crippen molar-refractivity contribution in [3.05, 3.63) is 0 Å². The standard InChI is InChI=1S/C6H15BrOSi/c1-5(7)4-6(2,3)8-9/h5H,4H2,1-3,9H3. The van der Waals surface area contributed by atoms with E-state index < -0.39 is 0 Å². The predicted octanol–water partition coefficient (Wildman–Crippen LogP) is 1.24. The van der Waals surface area contributed by atoms with Gasteiger partial charge >= 0.3 is 0 Å². The molecule has 9 heavy (non-hydrogen) atoms. The average molecular weight is 211 g/mol. The van der Waals surface area contributed by atoms with E-state index in [-0.39, 0.29) is 5.60 Å². The second-order valence-corrected chi connectivity index (χ2v) is 4.92.